The van der Waals surface area contributed by atoms with Gasteiger partial charge in [0.2, 0.25) is 0 Å². The van der Waals surface area contributed by atoms with Gasteiger partial charge in [0.05, 0.1) is 6.10 Å². The zero-order valence-corrected chi connectivity index (χ0v) is 8.78. The van der Waals surface area contributed by atoms with Gasteiger partial charge in [-0.05, 0) is 30.7 Å². The number of benzene rings is 1. The molecule has 0 unspecified atom stereocenters. The van der Waals surface area contributed by atoms with Crippen LogP contribution in [-0.4, -0.2) is 12.7 Å². The van der Waals surface area contributed by atoms with Crippen molar-refractivity contribution in [1.29, 1.82) is 0 Å². The minimum Gasteiger partial charge on any atom is -0.378 e. The molecule has 0 spiro atoms. The quantitative estimate of drug-likeness (QED) is 0.693. The highest BCUT2D eigenvalue weighted by Gasteiger charge is 2.37. The molecule has 0 amide bonds. The van der Waals surface area contributed by atoms with E-state index in [1.54, 1.807) is 0 Å². The number of ether oxygens (including phenoxy) is 1. The topological polar surface area (TPSA) is 9.23 Å². The molecular formula is C13H18O. The van der Waals surface area contributed by atoms with Crippen LogP contribution in [0.1, 0.15) is 25.3 Å². The molecule has 1 heteroatoms. The van der Waals surface area contributed by atoms with Crippen LogP contribution in [0.15, 0.2) is 30.3 Å². The SMILES string of the molecule is CCCO[C@@H]1C[C@@H]1Cc1ccccc1. The lowest BCUT2D eigenvalue weighted by molar-refractivity contribution is 0.109. The summed E-state index contributed by atoms with van der Waals surface area (Å²) in [5.74, 6) is 0.781. The summed E-state index contributed by atoms with van der Waals surface area (Å²) < 4.78 is 5.69. The Morgan fingerprint density at radius 3 is 2.79 bits per heavy atom. The maximum Gasteiger partial charge on any atom is 0.0611 e. The molecule has 14 heavy (non-hydrogen) atoms. The lowest BCUT2D eigenvalue weighted by Crippen LogP contribution is -1.99. The lowest BCUT2D eigenvalue weighted by atomic mass is 10.1. The van der Waals surface area contributed by atoms with Gasteiger partial charge in [-0.15, -0.1) is 0 Å². The van der Waals surface area contributed by atoms with Crippen LogP contribution in [0, 0.1) is 5.92 Å². The van der Waals surface area contributed by atoms with Crippen LogP contribution in [0.4, 0.5) is 0 Å². The summed E-state index contributed by atoms with van der Waals surface area (Å²) in [6.07, 6.45) is 4.13. The minimum atomic E-state index is 0.551. The summed E-state index contributed by atoms with van der Waals surface area (Å²) in [5.41, 5.74) is 1.44. The summed E-state index contributed by atoms with van der Waals surface area (Å²) in [6, 6.07) is 10.7. The summed E-state index contributed by atoms with van der Waals surface area (Å²) in [6.45, 7) is 3.09. The second kappa shape index (κ2) is 4.61. The van der Waals surface area contributed by atoms with Crippen molar-refractivity contribution in [3.8, 4) is 0 Å². The maximum atomic E-state index is 5.69. The molecule has 0 aromatic heterocycles. The highest BCUT2D eigenvalue weighted by atomic mass is 16.5. The van der Waals surface area contributed by atoms with Gasteiger partial charge in [0.1, 0.15) is 0 Å². The predicted molar refractivity (Wildman–Crippen MR) is 58.3 cm³/mol. The number of hydrogen-bond donors (Lipinski definition) is 0. The smallest absolute Gasteiger partial charge is 0.0611 e. The molecule has 2 atom stereocenters. The predicted octanol–water partition coefficient (Wildman–Crippen LogP) is 3.04. The van der Waals surface area contributed by atoms with Gasteiger partial charge in [-0.25, -0.2) is 0 Å². The molecule has 0 saturated heterocycles. The van der Waals surface area contributed by atoms with Crippen LogP contribution in [0.2, 0.25) is 0 Å². The first-order chi connectivity index (χ1) is 6.90. The van der Waals surface area contributed by atoms with Gasteiger partial charge in [-0.1, -0.05) is 37.3 Å². The third kappa shape index (κ3) is 2.58. The van der Waals surface area contributed by atoms with Crippen molar-refractivity contribution in [3.63, 3.8) is 0 Å². The normalized spacial score (nSPS) is 24.9. The van der Waals surface area contributed by atoms with Crippen LogP contribution in [0.3, 0.4) is 0 Å². The monoisotopic (exact) mass is 190 g/mol. The van der Waals surface area contributed by atoms with E-state index in [4.69, 9.17) is 4.74 Å². The van der Waals surface area contributed by atoms with Gasteiger partial charge in [0, 0.05) is 6.61 Å². The second-order valence-corrected chi connectivity index (χ2v) is 4.09. The molecule has 1 fully saturated rings. The number of hydrogen-bond acceptors (Lipinski definition) is 1. The van der Waals surface area contributed by atoms with Crippen molar-refractivity contribution < 1.29 is 4.74 Å². The molecule has 0 N–H and O–H groups in total. The van der Waals surface area contributed by atoms with Gasteiger partial charge in [0.25, 0.3) is 0 Å². The molecular weight excluding hydrogens is 172 g/mol. The molecule has 1 aliphatic carbocycles. The van der Waals surface area contributed by atoms with E-state index in [9.17, 15) is 0 Å². The molecule has 1 aromatic rings. The molecule has 0 bridgehead atoms. The molecule has 2 rings (SSSR count). The summed E-state index contributed by atoms with van der Waals surface area (Å²) in [4.78, 5) is 0. The van der Waals surface area contributed by atoms with Crippen molar-refractivity contribution in [1.82, 2.24) is 0 Å². The fraction of sp³-hybridized carbons (Fsp3) is 0.538. The third-order valence-electron chi connectivity index (χ3n) is 2.73. The summed E-state index contributed by atoms with van der Waals surface area (Å²) >= 11 is 0. The molecule has 76 valence electrons. The molecule has 0 radical (unpaired) electrons. The molecule has 0 heterocycles. The van der Waals surface area contributed by atoms with Gasteiger partial charge >= 0.3 is 0 Å². The molecule has 1 aromatic carbocycles. The first-order valence-electron chi connectivity index (χ1n) is 5.55. The van der Waals surface area contributed by atoms with Crippen LogP contribution >= 0.6 is 0 Å². The van der Waals surface area contributed by atoms with Crippen LogP contribution in [0.5, 0.6) is 0 Å². The van der Waals surface area contributed by atoms with Crippen LogP contribution in [0.25, 0.3) is 0 Å². The van der Waals surface area contributed by atoms with Gasteiger partial charge in [0.15, 0.2) is 0 Å². The van der Waals surface area contributed by atoms with E-state index in [0.29, 0.717) is 6.10 Å². The van der Waals surface area contributed by atoms with Crippen molar-refractivity contribution in [2.45, 2.75) is 32.3 Å². The van der Waals surface area contributed by atoms with Crippen molar-refractivity contribution in [2.24, 2.45) is 5.92 Å². The van der Waals surface area contributed by atoms with Crippen LogP contribution in [-0.2, 0) is 11.2 Å². The average molecular weight is 190 g/mol. The molecule has 0 aliphatic heterocycles. The Hall–Kier alpha value is -0.820. The minimum absolute atomic E-state index is 0.551. The fourth-order valence-electron chi connectivity index (χ4n) is 1.82. The Balaban J connectivity index is 1.74. The third-order valence-corrected chi connectivity index (χ3v) is 2.73. The maximum absolute atomic E-state index is 5.69. The van der Waals surface area contributed by atoms with E-state index >= 15 is 0 Å². The molecule has 1 aliphatic rings. The average Bonchev–Trinajstić information content (AvgIpc) is 2.95. The van der Waals surface area contributed by atoms with Crippen LogP contribution < -0.4 is 0 Å². The standard InChI is InChI=1S/C13H18O/c1-2-8-14-13-10-12(13)9-11-6-4-3-5-7-11/h3-7,12-13H,2,8-10H2,1H3/t12-,13+/m0/s1. The Bertz CT molecular complexity index is 268. The Morgan fingerprint density at radius 1 is 1.29 bits per heavy atom. The fourth-order valence-corrected chi connectivity index (χ4v) is 1.82. The lowest BCUT2D eigenvalue weighted by Gasteiger charge is -2.01. The zero-order chi connectivity index (χ0) is 9.80. The van der Waals surface area contributed by atoms with Crippen molar-refractivity contribution in [2.75, 3.05) is 6.61 Å². The van der Waals surface area contributed by atoms with Gasteiger partial charge in [-0.3, -0.25) is 0 Å². The first kappa shape index (κ1) is 9.72. The molecule has 1 nitrogen and oxygen atoms in total. The first-order valence-corrected chi connectivity index (χ1v) is 5.55. The Labute approximate surface area is 86.1 Å². The van der Waals surface area contributed by atoms with Crippen molar-refractivity contribution in [3.05, 3.63) is 35.9 Å². The van der Waals surface area contributed by atoms with Gasteiger partial charge in [-0.2, -0.15) is 0 Å². The van der Waals surface area contributed by atoms with Crippen molar-refractivity contribution >= 4 is 0 Å². The van der Waals surface area contributed by atoms with Gasteiger partial charge < -0.3 is 4.74 Å². The number of rotatable bonds is 5. The van der Waals surface area contributed by atoms with E-state index in [-0.39, 0.29) is 0 Å². The van der Waals surface area contributed by atoms with E-state index in [1.807, 2.05) is 0 Å². The Morgan fingerprint density at radius 2 is 2.07 bits per heavy atom. The van der Waals surface area contributed by atoms with E-state index < -0.39 is 0 Å². The summed E-state index contributed by atoms with van der Waals surface area (Å²) in [5, 5.41) is 0. The summed E-state index contributed by atoms with van der Waals surface area (Å²) in [7, 11) is 0. The van der Waals surface area contributed by atoms with E-state index in [1.165, 1.54) is 18.4 Å². The largest absolute Gasteiger partial charge is 0.378 e. The van der Waals surface area contributed by atoms with E-state index in [2.05, 4.69) is 37.3 Å². The highest BCUT2D eigenvalue weighted by Crippen LogP contribution is 2.36. The zero-order valence-electron chi connectivity index (χ0n) is 8.78. The highest BCUT2D eigenvalue weighted by molar-refractivity contribution is 5.17. The second-order valence-electron chi connectivity index (χ2n) is 4.09. The Kier molecular flexibility index (Phi) is 3.20. The molecule has 1 saturated carbocycles. The van der Waals surface area contributed by atoms with E-state index in [0.717, 1.165) is 18.9 Å².